The predicted octanol–water partition coefficient (Wildman–Crippen LogP) is 2.97. The van der Waals surface area contributed by atoms with E-state index in [0.717, 1.165) is 25.7 Å². The van der Waals surface area contributed by atoms with Gasteiger partial charge in [0, 0.05) is 30.6 Å². The normalized spacial score (nSPS) is 20.0. The minimum Gasteiger partial charge on any atom is -0.356 e. The quantitative estimate of drug-likeness (QED) is 0.134. The fourth-order valence-corrected chi connectivity index (χ4v) is 4.10. The molecule has 2 atom stereocenters. The van der Waals surface area contributed by atoms with E-state index in [9.17, 15) is 24.9 Å². The Morgan fingerprint density at radius 3 is 2.42 bits per heavy atom. The van der Waals surface area contributed by atoms with Gasteiger partial charge in [-0.25, -0.2) is 5.48 Å². The number of amides is 2. The highest BCUT2D eigenvalue weighted by Crippen LogP contribution is 2.28. The Labute approximate surface area is 194 Å². The van der Waals surface area contributed by atoms with Crippen LogP contribution in [0, 0.1) is 27.9 Å². The Morgan fingerprint density at radius 1 is 1.18 bits per heavy atom. The maximum absolute atomic E-state index is 12.9. The molecule has 1 aromatic rings. The predicted molar refractivity (Wildman–Crippen MR) is 120 cm³/mol. The van der Waals surface area contributed by atoms with Crippen LogP contribution >= 0.6 is 0 Å². The summed E-state index contributed by atoms with van der Waals surface area (Å²) < 4.78 is 10.7. The standard InChI is InChI=1S/C23H35N3O7/c1-3-32-15-33-14-20(24-22(27)18-8-4-16(2)5-9-18)13-19(23(28)25-29)12-17-6-10-21(11-7-17)26(30)31/h6-7,10-11,16,18-20,29H,3-5,8-9,12-15H2,1-2H3,(H,24,27)(H,25,28). The van der Waals surface area contributed by atoms with Gasteiger partial charge in [0.25, 0.3) is 5.69 Å². The molecule has 1 fully saturated rings. The number of hydrogen-bond acceptors (Lipinski definition) is 7. The third-order valence-corrected chi connectivity index (χ3v) is 6.10. The first kappa shape index (κ1) is 26.7. The average molecular weight is 466 g/mol. The second-order valence-electron chi connectivity index (χ2n) is 8.68. The molecular formula is C23H35N3O7. The first-order valence-electron chi connectivity index (χ1n) is 11.5. The van der Waals surface area contributed by atoms with Gasteiger partial charge in [0.1, 0.15) is 6.79 Å². The second-order valence-corrected chi connectivity index (χ2v) is 8.68. The van der Waals surface area contributed by atoms with Crippen molar-refractivity contribution in [2.45, 2.75) is 58.4 Å². The molecule has 0 saturated heterocycles. The summed E-state index contributed by atoms with van der Waals surface area (Å²) >= 11 is 0. The first-order valence-corrected chi connectivity index (χ1v) is 11.5. The minimum atomic E-state index is -0.677. The SMILES string of the molecule is CCOCOCC(CC(Cc1ccc([N+](=O)[O-])cc1)C(=O)NO)NC(=O)C1CCC(C)CC1. The number of rotatable bonds is 13. The van der Waals surface area contributed by atoms with Gasteiger partial charge >= 0.3 is 0 Å². The van der Waals surface area contributed by atoms with E-state index in [4.69, 9.17) is 9.47 Å². The zero-order valence-electron chi connectivity index (χ0n) is 19.3. The Hall–Kier alpha value is -2.56. The number of nitrogens with one attached hydrogen (secondary N) is 2. The van der Waals surface area contributed by atoms with E-state index in [-0.39, 0.29) is 43.8 Å². The molecule has 0 aromatic heterocycles. The molecule has 0 bridgehead atoms. The van der Waals surface area contributed by atoms with Gasteiger partial charge in [0.05, 0.1) is 17.6 Å². The zero-order valence-corrected chi connectivity index (χ0v) is 19.3. The van der Waals surface area contributed by atoms with Crippen molar-refractivity contribution in [3.63, 3.8) is 0 Å². The molecule has 1 aliphatic carbocycles. The number of non-ortho nitro benzene ring substituents is 1. The summed E-state index contributed by atoms with van der Waals surface area (Å²) in [6.45, 7) is 4.76. The molecular weight excluding hydrogens is 430 g/mol. The molecule has 184 valence electrons. The molecule has 1 aliphatic rings. The smallest absolute Gasteiger partial charge is 0.269 e. The van der Waals surface area contributed by atoms with Gasteiger partial charge in [-0.1, -0.05) is 19.1 Å². The van der Waals surface area contributed by atoms with Gasteiger partial charge in [-0.15, -0.1) is 0 Å². The summed E-state index contributed by atoms with van der Waals surface area (Å²) in [7, 11) is 0. The van der Waals surface area contributed by atoms with Crippen LogP contribution in [0.3, 0.4) is 0 Å². The van der Waals surface area contributed by atoms with E-state index in [1.54, 1.807) is 17.6 Å². The van der Waals surface area contributed by atoms with E-state index in [1.165, 1.54) is 12.1 Å². The van der Waals surface area contributed by atoms with Crippen molar-refractivity contribution >= 4 is 17.5 Å². The second kappa shape index (κ2) is 13.9. The highest BCUT2D eigenvalue weighted by atomic mass is 16.7. The largest absolute Gasteiger partial charge is 0.356 e. The summed E-state index contributed by atoms with van der Waals surface area (Å²) in [5, 5.41) is 23.1. The van der Waals surface area contributed by atoms with Gasteiger partial charge in [-0.2, -0.15) is 0 Å². The fourth-order valence-electron chi connectivity index (χ4n) is 4.10. The van der Waals surface area contributed by atoms with Crippen molar-refractivity contribution in [3.05, 3.63) is 39.9 Å². The van der Waals surface area contributed by atoms with Crippen molar-refractivity contribution in [2.24, 2.45) is 17.8 Å². The molecule has 0 spiro atoms. The molecule has 2 rings (SSSR count). The van der Waals surface area contributed by atoms with Crippen LogP contribution in [0.5, 0.6) is 0 Å². The fraction of sp³-hybridized carbons (Fsp3) is 0.652. The Morgan fingerprint density at radius 2 is 1.85 bits per heavy atom. The zero-order chi connectivity index (χ0) is 24.2. The van der Waals surface area contributed by atoms with Gasteiger partial charge in [0.15, 0.2) is 0 Å². The number of nitro benzene ring substituents is 1. The topological polar surface area (TPSA) is 140 Å². The summed E-state index contributed by atoms with van der Waals surface area (Å²) in [5.41, 5.74) is 2.35. The number of hydroxylamine groups is 1. The van der Waals surface area contributed by atoms with Crippen molar-refractivity contribution in [3.8, 4) is 0 Å². The third kappa shape index (κ3) is 9.07. The molecule has 2 unspecified atom stereocenters. The monoisotopic (exact) mass is 465 g/mol. The number of carbonyl (C=O) groups is 2. The Kier molecular flexibility index (Phi) is 11.2. The van der Waals surface area contributed by atoms with Crippen molar-refractivity contribution in [1.29, 1.82) is 0 Å². The number of hydrogen-bond donors (Lipinski definition) is 3. The summed E-state index contributed by atoms with van der Waals surface area (Å²) in [5.74, 6) is -0.757. The van der Waals surface area contributed by atoms with Crippen LogP contribution in [0.2, 0.25) is 0 Å². The molecule has 1 aromatic carbocycles. The van der Waals surface area contributed by atoms with E-state index in [2.05, 4.69) is 12.2 Å². The molecule has 1 saturated carbocycles. The first-order chi connectivity index (χ1) is 15.8. The van der Waals surface area contributed by atoms with E-state index < -0.39 is 22.8 Å². The maximum Gasteiger partial charge on any atom is 0.269 e. The number of ether oxygens (including phenoxy) is 2. The van der Waals surface area contributed by atoms with Crippen molar-refractivity contribution < 1.29 is 29.2 Å². The van der Waals surface area contributed by atoms with Gasteiger partial charge in [0.2, 0.25) is 11.8 Å². The molecule has 10 heteroatoms. The van der Waals surface area contributed by atoms with Crippen LogP contribution in [-0.2, 0) is 25.5 Å². The lowest BCUT2D eigenvalue weighted by molar-refractivity contribution is -0.384. The van der Waals surface area contributed by atoms with Crippen LogP contribution in [0.25, 0.3) is 0 Å². The minimum absolute atomic E-state index is 0.0434. The number of nitrogens with zero attached hydrogens (tertiary/aromatic N) is 1. The van der Waals surface area contributed by atoms with Gasteiger partial charge < -0.3 is 14.8 Å². The van der Waals surface area contributed by atoms with Crippen molar-refractivity contribution in [2.75, 3.05) is 20.0 Å². The van der Waals surface area contributed by atoms with Crippen LogP contribution in [0.15, 0.2) is 24.3 Å². The van der Waals surface area contributed by atoms with Crippen LogP contribution in [0.1, 0.15) is 51.5 Å². The summed E-state index contributed by atoms with van der Waals surface area (Å²) in [4.78, 5) is 35.6. The van der Waals surface area contributed by atoms with Crippen LogP contribution in [-0.4, -0.2) is 48.0 Å². The summed E-state index contributed by atoms with van der Waals surface area (Å²) in [6.07, 6.45) is 4.16. The number of benzene rings is 1. The molecule has 0 heterocycles. The van der Waals surface area contributed by atoms with Crippen LogP contribution in [0.4, 0.5) is 5.69 Å². The van der Waals surface area contributed by atoms with Gasteiger partial charge in [-0.05, 0) is 56.9 Å². The third-order valence-electron chi connectivity index (χ3n) is 6.10. The van der Waals surface area contributed by atoms with Gasteiger partial charge in [-0.3, -0.25) is 24.9 Å². The lowest BCUT2D eigenvalue weighted by Gasteiger charge is -2.29. The maximum atomic E-state index is 12.9. The molecule has 0 radical (unpaired) electrons. The Balaban J connectivity index is 2.07. The lowest BCUT2D eigenvalue weighted by Crippen LogP contribution is -2.45. The average Bonchev–Trinajstić information content (AvgIpc) is 2.81. The van der Waals surface area contributed by atoms with Crippen molar-refractivity contribution in [1.82, 2.24) is 10.8 Å². The number of carbonyl (C=O) groups excluding carboxylic acids is 2. The summed E-state index contributed by atoms with van der Waals surface area (Å²) in [6, 6.07) is 5.45. The highest BCUT2D eigenvalue weighted by Gasteiger charge is 2.29. The lowest BCUT2D eigenvalue weighted by atomic mass is 9.82. The molecule has 3 N–H and O–H groups in total. The molecule has 33 heavy (non-hydrogen) atoms. The van der Waals surface area contributed by atoms with E-state index >= 15 is 0 Å². The molecule has 10 nitrogen and oxygen atoms in total. The molecule has 0 aliphatic heterocycles. The highest BCUT2D eigenvalue weighted by molar-refractivity contribution is 5.80. The Bertz CT molecular complexity index is 764. The van der Waals surface area contributed by atoms with E-state index in [1.807, 2.05) is 6.92 Å². The van der Waals surface area contributed by atoms with Crippen LogP contribution < -0.4 is 10.8 Å². The van der Waals surface area contributed by atoms with E-state index in [0.29, 0.717) is 18.1 Å². The molecule has 2 amide bonds. The number of nitro groups is 1.